The molecule has 19 heavy (non-hydrogen) atoms. The van der Waals surface area contributed by atoms with Crippen molar-refractivity contribution in [2.24, 2.45) is 0 Å². The van der Waals surface area contributed by atoms with Crippen LogP contribution < -0.4 is 10.6 Å². The maximum atomic E-state index is 4.44. The first-order valence-corrected chi connectivity index (χ1v) is 7.38. The van der Waals surface area contributed by atoms with Gasteiger partial charge in [-0.3, -0.25) is 0 Å². The highest BCUT2D eigenvalue weighted by atomic mass is 32.2. The molecule has 100 valence electrons. The smallest absolute Gasteiger partial charge is 0.189 e. The molecule has 0 radical (unpaired) electrons. The van der Waals surface area contributed by atoms with Crippen LogP contribution in [-0.2, 0) is 13.1 Å². The normalized spacial score (nSPS) is 10.4. The van der Waals surface area contributed by atoms with Gasteiger partial charge in [0.25, 0.3) is 0 Å². The molecule has 2 aromatic rings. The lowest BCUT2D eigenvalue weighted by Crippen LogP contribution is -2.15. The average molecular weight is 274 g/mol. The summed E-state index contributed by atoms with van der Waals surface area (Å²) in [5, 5.41) is 7.31. The van der Waals surface area contributed by atoms with Gasteiger partial charge in [-0.05, 0) is 11.8 Å². The van der Waals surface area contributed by atoms with E-state index in [9.17, 15) is 0 Å². The molecule has 0 aliphatic rings. The van der Waals surface area contributed by atoms with E-state index in [4.69, 9.17) is 0 Å². The third kappa shape index (κ3) is 3.94. The van der Waals surface area contributed by atoms with Crippen molar-refractivity contribution in [3.8, 4) is 0 Å². The highest BCUT2D eigenvalue weighted by molar-refractivity contribution is 7.98. The Kier molecular flexibility index (Phi) is 5.18. The largest absolute Gasteiger partial charge is 0.373 e. The van der Waals surface area contributed by atoms with Crippen LogP contribution >= 0.6 is 11.8 Å². The zero-order chi connectivity index (χ0) is 13.5. The number of nitrogens with one attached hydrogen (secondary N) is 2. The van der Waals surface area contributed by atoms with Gasteiger partial charge in [0, 0.05) is 31.9 Å². The fourth-order valence-electron chi connectivity index (χ4n) is 1.77. The van der Waals surface area contributed by atoms with Gasteiger partial charge in [0.15, 0.2) is 5.16 Å². The van der Waals surface area contributed by atoms with Crippen LogP contribution in [0.5, 0.6) is 0 Å². The standard InChI is InChI=1S/C14H18N4S/c1-15-13-12(10-17-14(18-13)19-2)9-16-8-11-6-4-3-5-7-11/h3-7,10,16H,8-9H2,1-2H3,(H,15,17,18). The minimum absolute atomic E-state index is 0.750. The third-order valence-electron chi connectivity index (χ3n) is 2.75. The average Bonchev–Trinajstić information content (AvgIpc) is 2.48. The highest BCUT2D eigenvalue weighted by Crippen LogP contribution is 2.15. The molecule has 1 aromatic heterocycles. The number of benzene rings is 1. The summed E-state index contributed by atoms with van der Waals surface area (Å²) in [5.41, 5.74) is 2.35. The van der Waals surface area contributed by atoms with Crippen molar-refractivity contribution in [1.29, 1.82) is 0 Å². The molecule has 0 spiro atoms. The predicted molar refractivity (Wildman–Crippen MR) is 80.3 cm³/mol. The van der Waals surface area contributed by atoms with Crippen LogP contribution in [0.4, 0.5) is 5.82 Å². The molecule has 2 N–H and O–H groups in total. The Labute approximate surface area is 118 Å². The van der Waals surface area contributed by atoms with Crippen LogP contribution in [-0.4, -0.2) is 23.3 Å². The summed E-state index contributed by atoms with van der Waals surface area (Å²) in [5.74, 6) is 0.889. The van der Waals surface area contributed by atoms with Crippen LogP contribution in [0.3, 0.4) is 0 Å². The minimum atomic E-state index is 0.750. The van der Waals surface area contributed by atoms with Gasteiger partial charge >= 0.3 is 0 Å². The van der Waals surface area contributed by atoms with Gasteiger partial charge in [-0.15, -0.1) is 0 Å². The molecule has 5 heteroatoms. The number of hydrogen-bond acceptors (Lipinski definition) is 5. The highest BCUT2D eigenvalue weighted by Gasteiger charge is 2.05. The van der Waals surface area contributed by atoms with Gasteiger partial charge in [-0.25, -0.2) is 9.97 Å². The zero-order valence-electron chi connectivity index (χ0n) is 11.2. The predicted octanol–water partition coefficient (Wildman–Crippen LogP) is 2.53. The number of rotatable bonds is 6. The fraction of sp³-hybridized carbons (Fsp3) is 0.286. The molecule has 0 fully saturated rings. The Hall–Kier alpha value is -1.59. The molecule has 0 saturated carbocycles. The Morgan fingerprint density at radius 3 is 2.63 bits per heavy atom. The van der Waals surface area contributed by atoms with Crippen molar-refractivity contribution in [2.45, 2.75) is 18.2 Å². The summed E-state index contributed by atoms with van der Waals surface area (Å²) in [6, 6.07) is 10.3. The van der Waals surface area contributed by atoms with E-state index in [1.54, 1.807) is 11.8 Å². The monoisotopic (exact) mass is 274 g/mol. The van der Waals surface area contributed by atoms with Gasteiger partial charge in [0.1, 0.15) is 5.82 Å². The van der Waals surface area contributed by atoms with E-state index < -0.39 is 0 Å². The number of hydrogen-bond donors (Lipinski definition) is 2. The second-order valence-corrected chi connectivity index (χ2v) is 4.84. The fourth-order valence-corrected chi connectivity index (χ4v) is 2.11. The third-order valence-corrected chi connectivity index (χ3v) is 3.31. The molecule has 1 aromatic carbocycles. The van der Waals surface area contributed by atoms with Crippen molar-refractivity contribution >= 4 is 17.6 Å². The maximum Gasteiger partial charge on any atom is 0.189 e. The Morgan fingerprint density at radius 1 is 1.16 bits per heavy atom. The molecule has 0 saturated heterocycles. The van der Waals surface area contributed by atoms with Crippen molar-refractivity contribution < 1.29 is 0 Å². The molecule has 0 unspecified atom stereocenters. The first-order valence-electron chi connectivity index (χ1n) is 6.15. The first kappa shape index (κ1) is 13.8. The molecule has 2 rings (SSSR count). The van der Waals surface area contributed by atoms with E-state index >= 15 is 0 Å². The van der Waals surface area contributed by atoms with Crippen LogP contribution in [0.1, 0.15) is 11.1 Å². The Balaban J connectivity index is 1.96. The zero-order valence-corrected chi connectivity index (χ0v) is 12.0. The topological polar surface area (TPSA) is 49.8 Å². The second-order valence-electron chi connectivity index (χ2n) is 4.07. The Bertz CT molecular complexity index is 516. The summed E-state index contributed by atoms with van der Waals surface area (Å²) in [6.07, 6.45) is 3.85. The van der Waals surface area contributed by atoms with Gasteiger partial charge in [-0.1, -0.05) is 42.1 Å². The first-order chi connectivity index (χ1) is 9.33. The molecule has 0 aliphatic carbocycles. The SMILES string of the molecule is CNc1nc(SC)ncc1CNCc1ccccc1. The molecule has 0 amide bonds. The van der Waals surface area contributed by atoms with Crippen LogP contribution in [0.2, 0.25) is 0 Å². The van der Waals surface area contributed by atoms with E-state index in [1.165, 1.54) is 5.56 Å². The summed E-state index contributed by atoms with van der Waals surface area (Å²) >= 11 is 1.55. The van der Waals surface area contributed by atoms with Crippen LogP contribution in [0, 0.1) is 0 Å². The number of thioether (sulfide) groups is 1. The van der Waals surface area contributed by atoms with Gasteiger partial charge in [-0.2, -0.15) is 0 Å². The van der Waals surface area contributed by atoms with Crippen molar-refractivity contribution in [1.82, 2.24) is 15.3 Å². The molecule has 4 nitrogen and oxygen atoms in total. The van der Waals surface area contributed by atoms with Gasteiger partial charge in [0.05, 0.1) is 0 Å². The van der Waals surface area contributed by atoms with Gasteiger partial charge < -0.3 is 10.6 Å². The quantitative estimate of drug-likeness (QED) is 0.626. The van der Waals surface area contributed by atoms with Gasteiger partial charge in [0.2, 0.25) is 0 Å². The van der Waals surface area contributed by atoms with E-state index in [0.29, 0.717) is 0 Å². The van der Waals surface area contributed by atoms with E-state index in [2.05, 4.69) is 32.7 Å². The molecule has 0 bridgehead atoms. The number of nitrogens with zero attached hydrogens (tertiary/aromatic N) is 2. The van der Waals surface area contributed by atoms with E-state index in [-0.39, 0.29) is 0 Å². The molecule has 0 atom stereocenters. The minimum Gasteiger partial charge on any atom is -0.373 e. The van der Waals surface area contributed by atoms with Crippen molar-refractivity contribution in [2.75, 3.05) is 18.6 Å². The molecular weight excluding hydrogens is 256 g/mol. The lowest BCUT2D eigenvalue weighted by Gasteiger charge is -2.10. The van der Waals surface area contributed by atoms with E-state index in [1.807, 2.05) is 37.7 Å². The molecule has 0 aliphatic heterocycles. The Morgan fingerprint density at radius 2 is 1.95 bits per heavy atom. The lowest BCUT2D eigenvalue weighted by atomic mass is 10.2. The lowest BCUT2D eigenvalue weighted by molar-refractivity contribution is 0.687. The van der Waals surface area contributed by atoms with Crippen LogP contribution in [0.25, 0.3) is 0 Å². The number of anilines is 1. The summed E-state index contributed by atoms with van der Waals surface area (Å²) < 4.78 is 0. The van der Waals surface area contributed by atoms with Crippen molar-refractivity contribution in [3.63, 3.8) is 0 Å². The summed E-state index contributed by atoms with van der Waals surface area (Å²) in [6.45, 7) is 1.59. The molecular formula is C14H18N4S. The number of aromatic nitrogens is 2. The summed E-state index contributed by atoms with van der Waals surface area (Å²) in [4.78, 5) is 8.74. The second kappa shape index (κ2) is 7.11. The summed E-state index contributed by atoms with van der Waals surface area (Å²) in [7, 11) is 1.88. The van der Waals surface area contributed by atoms with Crippen LogP contribution in [0.15, 0.2) is 41.7 Å². The van der Waals surface area contributed by atoms with Crippen molar-refractivity contribution in [3.05, 3.63) is 47.7 Å². The molecule has 1 heterocycles. The maximum absolute atomic E-state index is 4.44. The van der Waals surface area contributed by atoms with E-state index in [0.717, 1.165) is 29.6 Å².